The van der Waals surface area contributed by atoms with Crippen LogP contribution in [0.3, 0.4) is 0 Å². The van der Waals surface area contributed by atoms with Crippen LogP contribution in [-0.2, 0) is 6.54 Å². The summed E-state index contributed by atoms with van der Waals surface area (Å²) in [6, 6.07) is 19.0. The van der Waals surface area contributed by atoms with Crippen molar-refractivity contribution in [3.05, 3.63) is 88.8 Å². The molecule has 0 spiro atoms. The van der Waals surface area contributed by atoms with E-state index in [-0.39, 0.29) is 11.9 Å². The highest BCUT2D eigenvalue weighted by Gasteiger charge is 2.25. The Hall–Kier alpha value is -2.60. The van der Waals surface area contributed by atoms with Gasteiger partial charge in [-0.05, 0) is 80.0 Å². The Morgan fingerprint density at radius 1 is 1.07 bits per heavy atom. The highest BCUT2D eigenvalue weighted by molar-refractivity contribution is 6.30. The minimum Gasteiger partial charge on any atom is -0.468 e. The van der Waals surface area contributed by atoms with E-state index in [0.717, 1.165) is 43.2 Å². The number of amides is 1. The molecule has 2 aromatic carbocycles. The van der Waals surface area contributed by atoms with Gasteiger partial charge < -0.3 is 15.1 Å². The van der Waals surface area contributed by atoms with Gasteiger partial charge in [-0.3, -0.25) is 9.69 Å². The third-order valence-electron chi connectivity index (χ3n) is 5.41. The van der Waals surface area contributed by atoms with Gasteiger partial charge in [0, 0.05) is 29.4 Å². The average molecular weight is 424 g/mol. The lowest BCUT2D eigenvalue weighted by Gasteiger charge is -2.26. The van der Waals surface area contributed by atoms with Gasteiger partial charge in [-0.25, -0.2) is 0 Å². The molecular weight excluding hydrogens is 398 g/mol. The standard InChI is InChI=1S/C24H26ClN3O2/c25-20-10-8-19(9-11-20)24(29)27-21-6-3-5-18(15-21)16-26-17-22(23-7-4-14-30-23)28-12-1-2-13-28/h3-11,14-15,22,26H,1-2,12-13,16-17H2,(H,27,29)/t22-/m0/s1. The van der Waals surface area contributed by atoms with Crippen LogP contribution in [0, 0.1) is 0 Å². The summed E-state index contributed by atoms with van der Waals surface area (Å²) in [6.07, 6.45) is 4.23. The van der Waals surface area contributed by atoms with Crippen molar-refractivity contribution < 1.29 is 9.21 Å². The molecule has 2 N–H and O–H groups in total. The second-order valence-corrected chi connectivity index (χ2v) is 8.00. The molecular formula is C24H26ClN3O2. The van der Waals surface area contributed by atoms with Crippen molar-refractivity contribution in [2.24, 2.45) is 0 Å². The van der Waals surface area contributed by atoms with Gasteiger partial charge in [-0.2, -0.15) is 0 Å². The van der Waals surface area contributed by atoms with E-state index in [1.54, 1.807) is 30.5 Å². The van der Waals surface area contributed by atoms with E-state index in [2.05, 4.69) is 27.7 Å². The third-order valence-corrected chi connectivity index (χ3v) is 5.66. The zero-order valence-electron chi connectivity index (χ0n) is 16.8. The number of furan rings is 1. The van der Waals surface area contributed by atoms with Crippen molar-refractivity contribution in [3.8, 4) is 0 Å². The lowest BCUT2D eigenvalue weighted by Crippen LogP contribution is -2.33. The Balaban J connectivity index is 1.34. The van der Waals surface area contributed by atoms with Crippen LogP contribution in [0.1, 0.15) is 40.6 Å². The van der Waals surface area contributed by atoms with Gasteiger partial charge in [0.25, 0.3) is 5.91 Å². The maximum atomic E-state index is 12.4. The van der Waals surface area contributed by atoms with E-state index < -0.39 is 0 Å². The predicted octanol–water partition coefficient (Wildman–Crippen LogP) is 5.11. The Morgan fingerprint density at radius 2 is 1.87 bits per heavy atom. The molecule has 1 aromatic heterocycles. The number of carbonyl (C=O) groups is 1. The molecule has 0 unspecified atom stereocenters. The molecule has 1 aliphatic rings. The molecule has 1 aliphatic heterocycles. The Labute approximate surface area is 182 Å². The van der Waals surface area contributed by atoms with Crippen molar-refractivity contribution in [3.63, 3.8) is 0 Å². The van der Waals surface area contributed by atoms with Crippen LogP contribution in [0.4, 0.5) is 5.69 Å². The normalized spacial score (nSPS) is 15.2. The number of nitrogens with one attached hydrogen (secondary N) is 2. The molecule has 3 aromatic rings. The summed E-state index contributed by atoms with van der Waals surface area (Å²) in [7, 11) is 0. The van der Waals surface area contributed by atoms with E-state index >= 15 is 0 Å². The quantitative estimate of drug-likeness (QED) is 0.528. The fraction of sp³-hybridized carbons (Fsp3) is 0.292. The Kier molecular flexibility index (Phi) is 6.84. The van der Waals surface area contributed by atoms with Gasteiger partial charge in [0.05, 0.1) is 12.3 Å². The molecule has 1 atom stereocenters. The number of benzene rings is 2. The van der Waals surface area contributed by atoms with Crippen LogP contribution in [0.2, 0.25) is 5.02 Å². The van der Waals surface area contributed by atoms with Crippen LogP contribution in [-0.4, -0.2) is 30.4 Å². The Morgan fingerprint density at radius 3 is 2.60 bits per heavy atom. The zero-order valence-corrected chi connectivity index (χ0v) is 17.6. The lowest BCUT2D eigenvalue weighted by atomic mass is 10.1. The molecule has 1 saturated heterocycles. The van der Waals surface area contributed by atoms with Crippen LogP contribution in [0.25, 0.3) is 0 Å². The summed E-state index contributed by atoms with van der Waals surface area (Å²) in [6.45, 7) is 3.75. The van der Waals surface area contributed by atoms with Gasteiger partial charge in [0.1, 0.15) is 5.76 Å². The summed E-state index contributed by atoms with van der Waals surface area (Å²) < 4.78 is 5.69. The number of hydrogen-bond donors (Lipinski definition) is 2. The minimum atomic E-state index is -0.149. The van der Waals surface area contributed by atoms with E-state index in [0.29, 0.717) is 10.6 Å². The molecule has 4 rings (SSSR count). The van der Waals surface area contributed by atoms with E-state index in [4.69, 9.17) is 16.0 Å². The molecule has 0 aliphatic carbocycles. The smallest absolute Gasteiger partial charge is 0.255 e. The zero-order chi connectivity index (χ0) is 20.8. The largest absolute Gasteiger partial charge is 0.468 e. The molecule has 5 nitrogen and oxygen atoms in total. The van der Waals surface area contributed by atoms with Crippen LogP contribution in [0.15, 0.2) is 71.3 Å². The second-order valence-electron chi connectivity index (χ2n) is 7.57. The predicted molar refractivity (Wildman–Crippen MR) is 120 cm³/mol. The number of nitrogens with zero attached hydrogens (tertiary/aromatic N) is 1. The van der Waals surface area contributed by atoms with Crippen molar-refractivity contribution in [1.29, 1.82) is 0 Å². The molecule has 156 valence electrons. The van der Waals surface area contributed by atoms with Crippen molar-refractivity contribution >= 4 is 23.2 Å². The number of halogens is 1. The first-order valence-electron chi connectivity index (χ1n) is 10.3. The number of likely N-dealkylation sites (tertiary alicyclic amines) is 1. The molecule has 0 bridgehead atoms. The first-order valence-corrected chi connectivity index (χ1v) is 10.7. The summed E-state index contributed by atoms with van der Waals surface area (Å²) in [5.41, 5.74) is 2.47. The molecule has 1 fully saturated rings. The molecule has 2 heterocycles. The summed E-state index contributed by atoms with van der Waals surface area (Å²) in [5.74, 6) is 0.858. The third kappa shape index (κ3) is 5.30. The van der Waals surface area contributed by atoms with Gasteiger partial charge in [-0.15, -0.1) is 0 Å². The van der Waals surface area contributed by atoms with Crippen LogP contribution in [0.5, 0.6) is 0 Å². The number of anilines is 1. The molecule has 0 saturated carbocycles. The van der Waals surface area contributed by atoms with Crippen LogP contribution >= 0.6 is 11.6 Å². The van der Waals surface area contributed by atoms with Gasteiger partial charge in [0.15, 0.2) is 0 Å². The number of rotatable bonds is 8. The Bertz CT molecular complexity index is 951. The summed E-state index contributed by atoms with van der Waals surface area (Å²) >= 11 is 5.89. The number of carbonyl (C=O) groups excluding carboxylic acids is 1. The highest BCUT2D eigenvalue weighted by atomic mass is 35.5. The number of hydrogen-bond acceptors (Lipinski definition) is 4. The lowest BCUT2D eigenvalue weighted by molar-refractivity contribution is 0.102. The highest BCUT2D eigenvalue weighted by Crippen LogP contribution is 2.25. The summed E-state index contributed by atoms with van der Waals surface area (Å²) in [4.78, 5) is 14.9. The van der Waals surface area contributed by atoms with E-state index in [1.165, 1.54) is 12.8 Å². The monoisotopic (exact) mass is 423 g/mol. The topological polar surface area (TPSA) is 57.5 Å². The SMILES string of the molecule is O=C(Nc1cccc(CNC[C@@H](c2ccco2)N2CCCC2)c1)c1ccc(Cl)cc1. The summed E-state index contributed by atoms with van der Waals surface area (Å²) in [5, 5.41) is 7.12. The molecule has 6 heteroatoms. The van der Waals surface area contributed by atoms with Gasteiger partial charge >= 0.3 is 0 Å². The molecule has 1 amide bonds. The van der Waals surface area contributed by atoms with Crippen molar-refractivity contribution in [2.75, 3.05) is 25.0 Å². The van der Waals surface area contributed by atoms with Gasteiger partial charge in [0.2, 0.25) is 0 Å². The first kappa shape index (κ1) is 20.7. The fourth-order valence-corrected chi connectivity index (χ4v) is 3.99. The molecule has 30 heavy (non-hydrogen) atoms. The second kappa shape index (κ2) is 9.94. The van der Waals surface area contributed by atoms with E-state index in [9.17, 15) is 4.79 Å². The van der Waals surface area contributed by atoms with E-state index in [1.807, 2.05) is 24.3 Å². The minimum absolute atomic E-state index is 0.149. The van der Waals surface area contributed by atoms with Crippen molar-refractivity contribution in [1.82, 2.24) is 10.2 Å². The van der Waals surface area contributed by atoms with Crippen LogP contribution < -0.4 is 10.6 Å². The molecule has 0 radical (unpaired) electrons. The van der Waals surface area contributed by atoms with Gasteiger partial charge in [-0.1, -0.05) is 23.7 Å². The first-order chi connectivity index (χ1) is 14.7. The maximum Gasteiger partial charge on any atom is 0.255 e. The van der Waals surface area contributed by atoms with Crippen molar-refractivity contribution in [2.45, 2.75) is 25.4 Å². The fourth-order valence-electron chi connectivity index (χ4n) is 3.86. The average Bonchev–Trinajstić information content (AvgIpc) is 3.47. The maximum absolute atomic E-state index is 12.4.